The highest BCUT2D eigenvalue weighted by molar-refractivity contribution is 5.76. The number of nitrogens with zero attached hydrogens (tertiary/aromatic N) is 3. The van der Waals surface area contributed by atoms with Gasteiger partial charge in [0.25, 0.3) is 0 Å². The van der Waals surface area contributed by atoms with Gasteiger partial charge in [0.1, 0.15) is 13.1 Å². The molecule has 1 amide bonds. The van der Waals surface area contributed by atoms with E-state index >= 15 is 0 Å². The first-order chi connectivity index (χ1) is 8.77. The SMILES string of the molecule is N#CCN(CC#N)C(=O)CCCc1ccccc1. The highest BCUT2D eigenvalue weighted by Gasteiger charge is 2.11. The normalized spacial score (nSPS) is 9.22. The number of benzene rings is 1. The number of carbonyl (C=O) groups excluding carboxylic acids is 1. The van der Waals surface area contributed by atoms with Crippen LogP contribution in [0.2, 0.25) is 0 Å². The maximum Gasteiger partial charge on any atom is 0.224 e. The molecule has 92 valence electrons. The van der Waals surface area contributed by atoms with Crippen molar-refractivity contribution in [3.05, 3.63) is 35.9 Å². The van der Waals surface area contributed by atoms with Crippen molar-refractivity contribution in [1.29, 1.82) is 10.5 Å². The molecule has 1 aromatic rings. The first kappa shape index (κ1) is 13.7. The Kier molecular flexibility index (Phi) is 6.00. The van der Waals surface area contributed by atoms with Crippen LogP contribution in [0.4, 0.5) is 0 Å². The van der Waals surface area contributed by atoms with Crippen molar-refractivity contribution < 1.29 is 4.79 Å². The van der Waals surface area contributed by atoms with Gasteiger partial charge in [0, 0.05) is 6.42 Å². The standard InChI is InChI=1S/C14H15N3O/c15-9-11-17(12-10-16)14(18)8-4-7-13-5-2-1-3-6-13/h1-3,5-6H,4,7-8,11-12H2. The van der Waals surface area contributed by atoms with Crippen molar-refractivity contribution in [1.82, 2.24) is 4.90 Å². The Morgan fingerprint density at radius 3 is 2.28 bits per heavy atom. The van der Waals surface area contributed by atoms with Gasteiger partial charge in [-0.1, -0.05) is 30.3 Å². The number of hydrogen-bond acceptors (Lipinski definition) is 3. The number of carbonyl (C=O) groups is 1. The Morgan fingerprint density at radius 2 is 1.72 bits per heavy atom. The molecule has 0 N–H and O–H groups in total. The number of nitriles is 2. The van der Waals surface area contributed by atoms with Crippen LogP contribution < -0.4 is 0 Å². The van der Waals surface area contributed by atoms with Crippen molar-refractivity contribution in [2.24, 2.45) is 0 Å². The van der Waals surface area contributed by atoms with Crippen LogP contribution in [0.3, 0.4) is 0 Å². The Hall–Kier alpha value is -2.33. The van der Waals surface area contributed by atoms with Crippen LogP contribution in [0.5, 0.6) is 0 Å². The summed E-state index contributed by atoms with van der Waals surface area (Å²) in [6.07, 6.45) is 1.94. The first-order valence-electron chi connectivity index (χ1n) is 5.83. The summed E-state index contributed by atoms with van der Waals surface area (Å²) >= 11 is 0. The molecular formula is C14H15N3O. The molecule has 0 bridgehead atoms. The summed E-state index contributed by atoms with van der Waals surface area (Å²) < 4.78 is 0. The maximum atomic E-state index is 11.7. The molecule has 4 heteroatoms. The largest absolute Gasteiger partial charge is 0.316 e. The first-order valence-corrected chi connectivity index (χ1v) is 5.83. The van der Waals surface area contributed by atoms with Crippen LogP contribution >= 0.6 is 0 Å². The van der Waals surface area contributed by atoms with Crippen LogP contribution in [0.15, 0.2) is 30.3 Å². The zero-order valence-corrected chi connectivity index (χ0v) is 10.2. The summed E-state index contributed by atoms with van der Waals surface area (Å²) in [4.78, 5) is 13.0. The van der Waals surface area contributed by atoms with E-state index in [0.717, 1.165) is 12.8 Å². The van der Waals surface area contributed by atoms with E-state index in [4.69, 9.17) is 10.5 Å². The van der Waals surface area contributed by atoms with Crippen LogP contribution in [-0.2, 0) is 11.2 Å². The summed E-state index contributed by atoms with van der Waals surface area (Å²) in [7, 11) is 0. The molecule has 1 rings (SSSR count). The summed E-state index contributed by atoms with van der Waals surface area (Å²) in [5.74, 6) is -0.131. The second-order valence-electron chi connectivity index (χ2n) is 3.91. The van der Waals surface area contributed by atoms with Crippen LogP contribution in [0.1, 0.15) is 18.4 Å². The fraction of sp³-hybridized carbons (Fsp3) is 0.357. The lowest BCUT2D eigenvalue weighted by Gasteiger charge is -2.15. The Labute approximate surface area is 107 Å². The lowest BCUT2D eigenvalue weighted by molar-refractivity contribution is -0.130. The summed E-state index contributed by atoms with van der Waals surface area (Å²) in [5, 5.41) is 17.1. The van der Waals surface area contributed by atoms with E-state index in [9.17, 15) is 4.79 Å². The monoisotopic (exact) mass is 241 g/mol. The van der Waals surface area contributed by atoms with E-state index in [2.05, 4.69) is 0 Å². The van der Waals surface area contributed by atoms with Gasteiger partial charge < -0.3 is 4.90 Å². The fourth-order valence-corrected chi connectivity index (χ4v) is 1.65. The topological polar surface area (TPSA) is 67.9 Å². The number of aryl methyl sites for hydroxylation is 1. The van der Waals surface area contributed by atoms with Crippen LogP contribution in [0, 0.1) is 22.7 Å². The van der Waals surface area contributed by atoms with Gasteiger partial charge in [0.15, 0.2) is 0 Å². The predicted octanol–water partition coefficient (Wildman–Crippen LogP) is 1.89. The summed E-state index contributed by atoms with van der Waals surface area (Å²) in [6.45, 7) is -0.0323. The molecule has 0 aliphatic rings. The van der Waals surface area contributed by atoms with Crippen molar-refractivity contribution in [3.63, 3.8) is 0 Å². The Morgan fingerprint density at radius 1 is 1.11 bits per heavy atom. The molecule has 0 radical (unpaired) electrons. The van der Waals surface area contributed by atoms with Crippen molar-refractivity contribution in [2.75, 3.05) is 13.1 Å². The lowest BCUT2D eigenvalue weighted by atomic mass is 10.1. The third kappa shape index (κ3) is 4.67. The molecule has 1 aromatic carbocycles. The third-order valence-corrected chi connectivity index (χ3v) is 2.57. The maximum absolute atomic E-state index is 11.7. The second kappa shape index (κ2) is 7.86. The average molecular weight is 241 g/mol. The molecule has 0 heterocycles. The highest BCUT2D eigenvalue weighted by Crippen LogP contribution is 2.06. The number of hydrogen-bond donors (Lipinski definition) is 0. The molecule has 0 saturated carbocycles. The molecule has 0 fully saturated rings. The minimum absolute atomic E-state index is 0.0161. The van der Waals surface area contributed by atoms with Gasteiger partial charge in [0.05, 0.1) is 12.1 Å². The third-order valence-electron chi connectivity index (χ3n) is 2.57. The van der Waals surface area contributed by atoms with E-state index in [0.29, 0.717) is 6.42 Å². The molecule has 0 atom stereocenters. The highest BCUT2D eigenvalue weighted by atomic mass is 16.2. The molecule has 0 saturated heterocycles. The van der Waals surface area contributed by atoms with Gasteiger partial charge >= 0.3 is 0 Å². The van der Waals surface area contributed by atoms with Gasteiger partial charge in [-0.2, -0.15) is 10.5 Å². The Balaban J connectivity index is 2.36. The van der Waals surface area contributed by atoms with Gasteiger partial charge in [-0.15, -0.1) is 0 Å². The average Bonchev–Trinajstić information content (AvgIpc) is 2.39. The van der Waals surface area contributed by atoms with E-state index in [1.165, 1.54) is 10.5 Å². The fourth-order valence-electron chi connectivity index (χ4n) is 1.65. The molecule has 0 aliphatic carbocycles. The molecule has 0 unspecified atom stereocenters. The zero-order valence-electron chi connectivity index (χ0n) is 10.2. The molecule has 4 nitrogen and oxygen atoms in total. The predicted molar refractivity (Wildman–Crippen MR) is 67.2 cm³/mol. The van der Waals surface area contributed by atoms with E-state index < -0.39 is 0 Å². The van der Waals surface area contributed by atoms with Crippen molar-refractivity contribution in [3.8, 4) is 12.1 Å². The van der Waals surface area contributed by atoms with Crippen LogP contribution in [0.25, 0.3) is 0 Å². The minimum atomic E-state index is -0.131. The molecule has 0 aliphatic heterocycles. The van der Waals surface area contributed by atoms with E-state index in [1.807, 2.05) is 42.5 Å². The lowest BCUT2D eigenvalue weighted by Crippen LogP contribution is -2.31. The summed E-state index contributed by atoms with van der Waals surface area (Å²) in [6, 6.07) is 13.7. The Bertz CT molecular complexity index is 440. The molecular weight excluding hydrogens is 226 g/mol. The smallest absolute Gasteiger partial charge is 0.224 e. The quantitative estimate of drug-likeness (QED) is 0.714. The van der Waals surface area contributed by atoms with Crippen molar-refractivity contribution in [2.45, 2.75) is 19.3 Å². The second-order valence-corrected chi connectivity index (χ2v) is 3.91. The molecule has 18 heavy (non-hydrogen) atoms. The van der Waals surface area contributed by atoms with E-state index in [1.54, 1.807) is 0 Å². The number of rotatable bonds is 6. The molecule has 0 spiro atoms. The van der Waals surface area contributed by atoms with E-state index in [-0.39, 0.29) is 19.0 Å². The van der Waals surface area contributed by atoms with Gasteiger partial charge in [-0.25, -0.2) is 0 Å². The van der Waals surface area contributed by atoms with Gasteiger partial charge in [-0.05, 0) is 18.4 Å². The van der Waals surface area contributed by atoms with Gasteiger partial charge in [0.2, 0.25) is 5.91 Å². The van der Waals surface area contributed by atoms with Crippen molar-refractivity contribution >= 4 is 5.91 Å². The zero-order chi connectivity index (χ0) is 13.2. The summed E-state index contributed by atoms with van der Waals surface area (Å²) in [5.41, 5.74) is 1.19. The van der Waals surface area contributed by atoms with Gasteiger partial charge in [-0.3, -0.25) is 4.79 Å². The molecule has 0 aromatic heterocycles. The minimum Gasteiger partial charge on any atom is -0.316 e. The van der Waals surface area contributed by atoms with Crippen LogP contribution in [-0.4, -0.2) is 23.9 Å². The number of amides is 1.